The fourth-order valence-electron chi connectivity index (χ4n) is 2.99. The molecule has 0 unspecified atom stereocenters. The number of hydrogen-bond acceptors (Lipinski definition) is 6. The molecule has 35 heavy (non-hydrogen) atoms. The molecule has 9 nitrogen and oxygen atoms in total. The van der Waals surface area contributed by atoms with E-state index in [2.05, 4.69) is 15.8 Å². The zero-order chi connectivity index (χ0) is 25.1. The molecule has 0 fully saturated rings. The molecule has 0 saturated heterocycles. The zero-order valence-corrected chi connectivity index (χ0v) is 19.9. The molecule has 0 aliphatic carbocycles. The summed E-state index contributed by atoms with van der Waals surface area (Å²) in [4.78, 5) is 24.2. The highest BCUT2D eigenvalue weighted by molar-refractivity contribution is 7.92. The molecule has 0 radical (unpaired) electrons. The molecule has 0 aliphatic heterocycles. The van der Waals surface area contributed by atoms with Crippen molar-refractivity contribution in [3.8, 4) is 5.75 Å². The molecule has 0 spiro atoms. The number of benzene rings is 3. The van der Waals surface area contributed by atoms with E-state index in [1.165, 1.54) is 6.21 Å². The second-order valence-electron chi connectivity index (χ2n) is 7.52. The molecule has 0 saturated carbocycles. The molecule has 0 bridgehead atoms. The van der Waals surface area contributed by atoms with Gasteiger partial charge in [-0.1, -0.05) is 48.5 Å². The summed E-state index contributed by atoms with van der Waals surface area (Å²) in [6, 6.07) is 24.7. The van der Waals surface area contributed by atoms with Crippen LogP contribution in [0.25, 0.3) is 0 Å². The molecule has 182 valence electrons. The molecule has 10 heteroatoms. The van der Waals surface area contributed by atoms with Gasteiger partial charge in [-0.2, -0.15) is 5.10 Å². The number of amides is 2. The second kappa shape index (κ2) is 12.3. The number of anilines is 1. The van der Waals surface area contributed by atoms with Crippen molar-refractivity contribution in [2.75, 3.05) is 23.7 Å². The number of nitrogens with zero attached hydrogens (tertiary/aromatic N) is 2. The van der Waals surface area contributed by atoms with Crippen LogP contribution < -0.4 is 19.8 Å². The first-order valence-electron chi connectivity index (χ1n) is 10.7. The average molecular weight is 495 g/mol. The van der Waals surface area contributed by atoms with Crippen LogP contribution in [0.15, 0.2) is 90.0 Å². The van der Waals surface area contributed by atoms with Gasteiger partial charge in [-0.3, -0.25) is 13.9 Å². The molecule has 2 amide bonds. The highest BCUT2D eigenvalue weighted by atomic mass is 32.2. The van der Waals surface area contributed by atoms with Crippen LogP contribution in [-0.4, -0.2) is 45.9 Å². The lowest BCUT2D eigenvalue weighted by Crippen LogP contribution is -2.38. The Morgan fingerprint density at radius 1 is 0.914 bits per heavy atom. The van der Waals surface area contributed by atoms with Crippen molar-refractivity contribution in [2.24, 2.45) is 5.10 Å². The molecule has 2 N–H and O–H groups in total. The Morgan fingerprint density at radius 2 is 1.54 bits per heavy atom. The number of sulfonamides is 1. The van der Waals surface area contributed by atoms with Gasteiger partial charge < -0.3 is 10.1 Å². The Labute approximate surface area is 204 Å². The van der Waals surface area contributed by atoms with Crippen molar-refractivity contribution in [1.82, 2.24) is 10.7 Å². The number of hydrogen-bond donors (Lipinski definition) is 2. The largest absolute Gasteiger partial charge is 0.484 e. The smallest absolute Gasteiger partial charge is 0.260 e. The van der Waals surface area contributed by atoms with Crippen molar-refractivity contribution in [1.29, 1.82) is 0 Å². The van der Waals surface area contributed by atoms with Crippen molar-refractivity contribution >= 4 is 33.7 Å². The van der Waals surface area contributed by atoms with Gasteiger partial charge in [0, 0.05) is 6.54 Å². The van der Waals surface area contributed by atoms with Crippen LogP contribution in [0.5, 0.6) is 5.75 Å². The third kappa shape index (κ3) is 8.59. The minimum Gasteiger partial charge on any atom is -0.484 e. The lowest BCUT2D eigenvalue weighted by atomic mass is 10.2. The van der Waals surface area contributed by atoms with Crippen LogP contribution >= 0.6 is 0 Å². The minimum absolute atomic E-state index is 0.116. The van der Waals surface area contributed by atoms with Gasteiger partial charge in [-0.05, 0) is 47.5 Å². The SMILES string of the molecule is CS(=O)(=O)N(CC(=O)N/N=C\c1ccc(OCC(=O)NCc2ccccc2)cc1)c1ccccc1. The Kier molecular flexibility index (Phi) is 8.96. The number of carbonyl (C=O) groups excluding carboxylic acids is 2. The maximum atomic E-state index is 12.2. The summed E-state index contributed by atoms with van der Waals surface area (Å²) >= 11 is 0. The first-order chi connectivity index (χ1) is 16.8. The molecule has 3 rings (SSSR count). The quantitative estimate of drug-likeness (QED) is 0.313. The summed E-state index contributed by atoms with van der Waals surface area (Å²) in [6.07, 6.45) is 2.45. The van der Waals surface area contributed by atoms with Gasteiger partial charge in [-0.15, -0.1) is 0 Å². The normalized spacial score (nSPS) is 11.1. The predicted molar refractivity (Wildman–Crippen MR) is 135 cm³/mol. The summed E-state index contributed by atoms with van der Waals surface area (Å²) < 4.78 is 30.6. The third-order valence-corrected chi connectivity index (χ3v) is 5.86. The van der Waals surface area contributed by atoms with Gasteiger partial charge in [0.1, 0.15) is 12.3 Å². The predicted octanol–water partition coefficient (Wildman–Crippen LogP) is 2.30. The van der Waals surface area contributed by atoms with Gasteiger partial charge in [0.15, 0.2) is 6.61 Å². The molecule has 0 aromatic heterocycles. The number of ether oxygens (including phenoxy) is 1. The van der Waals surface area contributed by atoms with E-state index in [9.17, 15) is 18.0 Å². The monoisotopic (exact) mass is 494 g/mol. The maximum Gasteiger partial charge on any atom is 0.260 e. The number of para-hydroxylation sites is 1. The van der Waals surface area contributed by atoms with Crippen molar-refractivity contribution in [3.63, 3.8) is 0 Å². The third-order valence-electron chi connectivity index (χ3n) is 4.72. The van der Waals surface area contributed by atoms with Crippen LogP contribution in [0, 0.1) is 0 Å². The lowest BCUT2D eigenvalue weighted by Gasteiger charge is -2.21. The first-order valence-corrected chi connectivity index (χ1v) is 12.5. The minimum atomic E-state index is -3.65. The number of rotatable bonds is 11. The molecule has 3 aromatic rings. The molecular formula is C25H26N4O5S. The van der Waals surface area contributed by atoms with Crippen molar-refractivity contribution in [3.05, 3.63) is 96.1 Å². The highest BCUT2D eigenvalue weighted by Gasteiger charge is 2.20. The fraction of sp³-hybridized carbons (Fsp3) is 0.160. The number of nitrogens with one attached hydrogen (secondary N) is 2. The van der Waals surface area contributed by atoms with E-state index in [1.54, 1.807) is 54.6 Å². The molecule has 0 atom stereocenters. The van der Waals surface area contributed by atoms with Crippen LogP contribution in [0.3, 0.4) is 0 Å². The maximum absolute atomic E-state index is 12.2. The summed E-state index contributed by atoms with van der Waals surface area (Å²) in [5.74, 6) is -0.314. The molecule has 3 aromatic carbocycles. The van der Waals surface area contributed by atoms with Crippen LogP contribution in [-0.2, 0) is 26.2 Å². The summed E-state index contributed by atoms with van der Waals surface area (Å²) in [7, 11) is -3.65. The highest BCUT2D eigenvalue weighted by Crippen LogP contribution is 2.16. The fourth-order valence-corrected chi connectivity index (χ4v) is 3.84. The Balaban J connectivity index is 1.45. The lowest BCUT2D eigenvalue weighted by molar-refractivity contribution is -0.123. The summed E-state index contributed by atoms with van der Waals surface area (Å²) in [6.45, 7) is -0.0919. The van der Waals surface area contributed by atoms with Gasteiger partial charge in [0.25, 0.3) is 11.8 Å². The summed E-state index contributed by atoms with van der Waals surface area (Å²) in [5, 5.41) is 6.66. The van der Waals surface area contributed by atoms with Crippen LogP contribution in [0.1, 0.15) is 11.1 Å². The van der Waals surface area contributed by atoms with E-state index in [4.69, 9.17) is 4.74 Å². The first kappa shape index (κ1) is 25.4. The second-order valence-corrected chi connectivity index (χ2v) is 9.43. The van der Waals surface area contributed by atoms with Gasteiger partial charge in [-0.25, -0.2) is 13.8 Å². The van der Waals surface area contributed by atoms with Crippen LogP contribution in [0.2, 0.25) is 0 Å². The summed E-state index contributed by atoms with van der Waals surface area (Å²) in [5.41, 5.74) is 4.39. The van der Waals surface area contributed by atoms with E-state index < -0.39 is 22.5 Å². The van der Waals surface area contributed by atoms with E-state index in [1.807, 2.05) is 30.3 Å². The van der Waals surface area contributed by atoms with E-state index >= 15 is 0 Å². The standard InChI is InChI=1S/C25H26N4O5S/c1-35(32,33)29(22-10-6-3-7-11-22)18-24(30)28-27-17-21-12-14-23(15-13-21)34-19-25(31)26-16-20-8-4-2-5-9-20/h2-15,17H,16,18-19H2,1H3,(H,26,31)(H,28,30)/b27-17-. The number of carbonyl (C=O) groups is 2. The zero-order valence-electron chi connectivity index (χ0n) is 19.1. The number of hydrazone groups is 1. The Bertz CT molecular complexity index is 1250. The van der Waals surface area contributed by atoms with Gasteiger partial charge >= 0.3 is 0 Å². The van der Waals surface area contributed by atoms with E-state index in [-0.39, 0.29) is 12.5 Å². The average Bonchev–Trinajstić information content (AvgIpc) is 2.86. The van der Waals surface area contributed by atoms with Gasteiger partial charge in [0.05, 0.1) is 18.2 Å². The topological polar surface area (TPSA) is 117 Å². The Morgan fingerprint density at radius 3 is 2.17 bits per heavy atom. The Hall–Kier alpha value is -4.18. The van der Waals surface area contributed by atoms with Crippen molar-refractivity contribution < 1.29 is 22.7 Å². The molecular weight excluding hydrogens is 468 g/mol. The van der Waals surface area contributed by atoms with E-state index in [0.29, 0.717) is 23.5 Å². The van der Waals surface area contributed by atoms with Crippen LogP contribution in [0.4, 0.5) is 5.69 Å². The van der Waals surface area contributed by atoms with Crippen molar-refractivity contribution in [2.45, 2.75) is 6.54 Å². The molecule has 0 aliphatic rings. The molecule has 0 heterocycles. The van der Waals surface area contributed by atoms with Gasteiger partial charge in [0.2, 0.25) is 10.0 Å². The van der Waals surface area contributed by atoms with E-state index in [0.717, 1.165) is 16.1 Å².